The average Bonchev–Trinajstić information content (AvgIpc) is 3.21. The van der Waals surface area contributed by atoms with E-state index in [1.54, 1.807) is 37.6 Å². The van der Waals surface area contributed by atoms with Crippen molar-refractivity contribution in [2.24, 2.45) is 0 Å². The molecule has 0 aliphatic rings. The molecular formula is C26H22FNO3. The van der Waals surface area contributed by atoms with Crippen LogP contribution in [-0.4, -0.2) is 13.0 Å². The summed E-state index contributed by atoms with van der Waals surface area (Å²) in [5, 5.41) is 3.76. The Bertz CT molecular complexity index is 1240. The number of amides is 1. The molecule has 0 unspecified atom stereocenters. The van der Waals surface area contributed by atoms with Gasteiger partial charge in [-0.1, -0.05) is 42.5 Å². The number of carbonyl (C=O) groups excluding carboxylic acids is 1. The van der Waals surface area contributed by atoms with Gasteiger partial charge in [0.05, 0.1) is 13.4 Å². The molecule has 4 aromatic rings. The van der Waals surface area contributed by atoms with Gasteiger partial charge in [-0.05, 0) is 41.8 Å². The van der Waals surface area contributed by atoms with Gasteiger partial charge in [0.15, 0.2) is 0 Å². The molecule has 0 saturated heterocycles. The van der Waals surface area contributed by atoms with Crippen LogP contribution in [0.2, 0.25) is 0 Å². The van der Waals surface area contributed by atoms with Gasteiger partial charge >= 0.3 is 0 Å². The van der Waals surface area contributed by atoms with Gasteiger partial charge in [0, 0.05) is 35.2 Å². The van der Waals surface area contributed by atoms with E-state index >= 15 is 0 Å². The second-order valence-electron chi connectivity index (χ2n) is 7.24. The SMILES string of the molecule is COc1cc2occ(-c3ccc(F)cc3)c2cc1/C(C)=C/C(=O)NCc1ccccc1. The largest absolute Gasteiger partial charge is 0.496 e. The molecular weight excluding hydrogens is 393 g/mol. The van der Waals surface area contributed by atoms with E-state index < -0.39 is 0 Å². The topological polar surface area (TPSA) is 51.5 Å². The summed E-state index contributed by atoms with van der Waals surface area (Å²) >= 11 is 0. The maximum Gasteiger partial charge on any atom is 0.244 e. The van der Waals surface area contributed by atoms with Crippen molar-refractivity contribution in [1.82, 2.24) is 5.32 Å². The molecule has 3 aromatic carbocycles. The highest BCUT2D eigenvalue weighted by Crippen LogP contribution is 2.37. The second-order valence-corrected chi connectivity index (χ2v) is 7.24. The highest BCUT2D eigenvalue weighted by atomic mass is 19.1. The third-order valence-electron chi connectivity index (χ3n) is 5.13. The van der Waals surface area contributed by atoms with E-state index in [4.69, 9.17) is 9.15 Å². The van der Waals surface area contributed by atoms with Crippen LogP contribution in [0.5, 0.6) is 5.75 Å². The first kappa shape index (κ1) is 20.4. The quantitative estimate of drug-likeness (QED) is 0.395. The molecule has 31 heavy (non-hydrogen) atoms. The Morgan fingerprint density at radius 2 is 1.84 bits per heavy atom. The zero-order valence-electron chi connectivity index (χ0n) is 17.3. The smallest absolute Gasteiger partial charge is 0.244 e. The van der Waals surface area contributed by atoms with Gasteiger partial charge in [0.1, 0.15) is 17.1 Å². The van der Waals surface area contributed by atoms with Crippen LogP contribution >= 0.6 is 0 Å². The molecule has 1 N–H and O–H groups in total. The van der Waals surface area contributed by atoms with Gasteiger partial charge in [-0.15, -0.1) is 0 Å². The van der Waals surface area contributed by atoms with E-state index in [-0.39, 0.29) is 11.7 Å². The van der Waals surface area contributed by atoms with Crippen LogP contribution in [0.3, 0.4) is 0 Å². The Hall–Kier alpha value is -3.86. The fourth-order valence-corrected chi connectivity index (χ4v) is 3.50. The number of halogens is 1. The molecule has 1 amide bonds. The van der Waals surface area contributed by atoms with Crippen molar-refractivity contribution in [3.63, 3.8) is 0 Å². The molecule has 156 valence electrons. The monoisotopic (exact) mass is 415 g/mol. The van der Waals surface area contributed by atoms with Crippen molar-refractivity contribution in [2.75, 3.05) is 7.11 Å². The summed E-state index contributed by atoms with van der Waals surface area (Å²) in [6, 6.07) is 19.7. The fourth-order valence-electron chi connectivity index (χ4n) is 3.50. The Kier molecular flexibility index (Phi) is 5.85. The van der Waals surface area contributed by atoms with E-state index in [0.29, 0.717) is 17.9 Å². The lowest BCUT2D eigenvalue weighted by Gasteiger charge is -2.10. The third kappa shape index (κ3) is 4.51. The van der Waals surface area contributed by atoms with Crippen LogP contribution in [0.4, 0.5) is 4.39 Å². The minimum absolute atomic E-state index is 0.186. The van der Waals surface area contributed by atoms with Gasteiger partial charge in [-0.3, -0.25) is 4.79 Å². The third-order valence-corrected chi connectivity index (χ3v) is 5.13. The maximum absolute atomic E-state index is 13.3. The lowest BCUT2D eigenvalue weighted by Crippen LogP contribution is -2.20. The van der Waals surface area contributed by atoms with Crippen molar-refractivity contribution in [1.29, 1.82) is 0 Å². The number of carbonyl (C=O) groups is 1. The van der Waals surface area contributed by atoms with E-state index in [9.17, 15) is 9.18 Å². The molecule has 4 nitrogen and oxygen atoms in total. The number of methoxy groups -OCH3 is 1. The number of rotatable bonds is 6. The number of furan rings is 1. The molecule has 0 aliphatic carbocycles. The van der Waals surface area contributed by atoms with Crippen LogP contribution in [0.1, 0.15) is 18.1 Å². The summed E-state index contributed by atoms with van der Waals surface area (Å²) in [6.45, 7) is 2.32. The Balaban J connectivity index is 1.65. The number of hydrogen-bond donors (Lipinski definition) is 1. The van der Waals surface area contributed by atoms with Crippen LogP contribution < -0.4 is 10.1 Å². The molecule has 0 aliphatic heterocycles. The summed E-state index contributed by atoms with van der Waals surface area (Å²) in [6.07, 6.45) is 3.21. The van der Waals surface area contributed by atoms with Crippen LogP contribution in [0.15, 0.2) is 83.5 Å². The normalized spacial score (nSPS) is 11.5. The van der Waals surface area contributed by atoms with Crippen LogP contribution in [0, 0.1) is 5.82 Å². The number of benzene rings is 3. The Morgan fingerprint density at radius 1 is 1.10 bits per heavy atom. The van der Waals surface area contributed by atoms with E-state index in [0.717, 1.165) is 33.2 Å². The van der Waals surface area contributed by atoms with Gasteiger partial charge in [0.25, 0.3) is 0 Å². The first-order valence-electron chi connectivity index (χ1n) is 9.91. The van der Waals surface area contributed by atoms with Gasteiger partial charge < -0.3 is 14.5 Å². The zero-order chi connectivity index (χ0) is 21.8. The molecule has 0 spiro atoms. The Morgan fingerprint density at radius 3 is 2.55 bits per heavy atom. The van der Waals surface area contributed by atoms with Crippen molar-refractivity contribution in [2.45, 2.75) is 13.5 Å². The van der Waals surface area contributed by atoms with Crippen LogP contribution in [0.25, 0.3) is 27.7 Å². The molecule has 0 fully saturated rings. The van der Waals surface area contributed by atoms with Crippen molar-refractivity contribution in [3.05, 3.63) is 96.0 Å². The standard InChI is InChI=1S/C26H22FNO3/c1-17(12-26(29)28-15-18-6-4-3-5-7-18)21-13-22-23(19-8-10-20(27)11-9-19)16-31-25(22)14-24(21)30-2/h3-14,16H,15H2,1-2H3,(H,28,29)/b17-12+. The highest BCUT2D eigenvalue weighted by molar-refractivity contribution is 6.00. The fraction of sp³-hybridized carbons (Fsp3) is 0.115. The first-order chi connectivity index (χ1) is 15.0. The molecule has 0 atom stereocenters. The first-order valence-corrected chi connectivity index (χ1v) is 9.91. The lowest BCUT2D eigenvalue weighted by molar-refractivity contribution is -0.116. The number of nitrogens with one attached hydrogen (secondary N) is 1. The molecule has 0 bridgehead atoms. The van der Waals surface area contributed by atoms with E-state index in [1.807, 2.05) is 43.3 Å². The average molecular weight is 415 g/mol. The van der Waals surface area contributed by atoms with E-state index in [1.165, 1.54) is 12.1 Å². The van der Waals surface area contributed by atoms with Gasteiger partial charge in [-0.25, -0.2) is 4.39 Å². The molecule has 1 heterocycles. The van der Waals surface area contributed by atoms with Gasteiger partial charge in [0.2, 0.25) is 5.91 Å². The molecule has 0 saturated carbocycles. The minimum Gasteiger partial charge on any atom is -0.496 e. The minimum atomic E-state index is -0.292. The number of allylic oxidation sites excluding steroid dienone is 1. The van der Waals surface area contributed by atoms with Crippen molar-refractivity contribution in [3.8, 4) is 16.9 Å². The predicted octanol–water partition coefficient (Wildman–Crippen LogP) is 5.97. The zero-order valence-corrected chi connectivity index (χ0v) is 17.3. The summed E-state index contributed by atoms with van der Waals surface area (Å²) in [5.41, 5.74) is 4.92. The van der Waals surface area contributed by atoms with E-state index in [2.05, 4.69) is 5.32 Å². The summed E-state index contributed by atoms with van der Waals surface area (Å²) in [7, 11) is 1.58. The maximum atomic E-state index is 13.3. The Labute approximate surface area is 180 Å². The van der Waals surface area contributed by atoms with Gasteiger partial charge in [-0.2, -0.15) is 0 Å². The molecule has 4 rings (SSSR count). The van der Waals surface area contributed by atoms with Crippen LogP contribution in [-0.2, 0) is 11.3 Å². The molecule has 5 heteroatoms. The van der Waals surface area contributed by atoms with Crippen molar-refractivity contribution >= 4 is 22.4 Å². The molecule has 0 radical (unpaired) electrons. The lowest BCUT2D eigenvalue weighted by atomic mass is 9.99. The predicted molar refractivity (Wildman–Crippen MR) is 120 cm³/mol. The van der Waals surface area contributed by atoms with Crippen molar-refractivity contribution < 1.29 is 18.3 Å². The summed E-state index contributed by atoms with van der Waals surface area (Å²) in [5.74, 6) is 0.130. The highest BCUT2D eigenvalue weighted by Gasteiger charge is 2.15. The summed E-state index contributed by atoms with van der Waals surface area (Å²) < 4.78 is 24.6. The summed E-state index contributed by atoms with van der Waals surface area (Å²) in [4.78, 5) is 12.5. The number of ether oxygens (including phenoxy) is 1. The number of fused-ring (bicyclic) bond motifs is 1. The molecule has 1 aromatic heterocycles. The number of hydrogen-bond acceptors (Lipinski definition) is 3. The second kappa shape index (κ2) is 8.88.